The number of nitrogens with two attached hydrogens (primary N) is 1. The number of nitrogens with one attached hydrogen (secondary N) is 1. The van der Waals surface area contributed by atoms with Crippen molar-refractivity contribution in [2.24, 2.45) is 5.73 Å². The van der Waals surface area contributed by atoms with Gasteiger partial charge < -0.3 is 11.1 Å². The maximum atomic E-state index is 12.7. The van der Waals surface area contributed by atoms with Crippen LogP contribution < -0.4 is 11.1 Å². The van der Waals surface area contributed by atoms with E-state index in [0.717, 1.165) is 22.1 Å². The van der Waals surface area contributed by atoms with Gasteiger partial charge >= 0.3 is 0 Å². The number of amides is 1. The Morgan fingerprint density at radius 1 is 1.17 bits per heavy atom. The molecule has 3 rings (SSSR count). The normalized spacial score (nSPS) is 11.5. The number of aromatic nitrogens is 2. The van der Waals surface area contributed by atoms with Crippen LogP contribution in [0.25, 0.3) is 5.13 Å². The summed E-state index contributed by atoms with van der Waals surface area (Å²) in [5.74, 6) is 0.378. The SMILES string of the molecule is Cc1cc(C(=O)NCC(N)c2ccc(C(C)C)cc2)c(C)n1-c1nccs1.Cl.Cl. The predicted molar refractivity (Wildman–Crippen MR) is 125 cm³/mol. The summed E-state index contributed by atoms with van der Waals surface area (Å²) in [6.07, 6.45) is 1.77. The number of aryl methyl sites for hydroxylation is 1. The number of carbonyl (C=O) groups excluding carboxylic acids is 1. The maximum Gasteiger partial charge on any atom is 0.253 e. The summed E-state index contributed by atoms with van der Waals surface area (Å²) in [7, 11) is 0. The molecule has 0 bridgehead atoms. The first-order valence-electron chi connectivity index (χ1n) is 9.11. The van der Waals surface area contributed by atoms with Crippen LogP contribution in [0, 0.1) is 13.8 Å². The molecular weight excluding hydrogens is 427 g/mol. The number of hydrogen-bond donors (Lipinski definition) is 2. The molecule has 0 aliphatic carbocycles. The lowest BCUT2D eigenvalue weighted by molar-refractivity contribution is 0.0950. The molecule has 0 fully saturated rings. The topological polar surface area (TPSA) is 72.9 Å². The van der Waals surface area contributed by atoms with Gasteiger partial charge in [0.2, 0.25) is 0 Å². The zero-order chi connectivity index (χ0) is 19.6. The van der Waals surface area contributed by atoms with Gasteiger partial charge in [0.05, 0.1) is 5.56 Å². The van der Waals surface area contributed by atoms with E-state index in [1.165, 1.54) is 5.56 Å². The number of rotatable bonds is 6. The minimum atomic E-state index is -0.238. The number of carbonyl (C=O) groups is 1. The number of benzene rings is 1. The summed E-state index contributed by atoms with van der Waals surface area (Å²) >= 11 is 1.55. The monoisotopic (exact) mass is 454 g/mol. The molecule has 158 valence electrons. The number of thiazole rings is 1. The summed E-state index contributed by atoms with van der Waals surface area (Å²) in [5.41, 5.74) is 11.1. The highest BCUT2D eigenvalue weighted by atomic mass is 35.5. The Bertz CT molecular complexity index is 921. The van der Waals surface area contributed by atoms with Crippen molar-refractivity contribution in [1.82, 2.24) is 14.9 Å². The van der Waals surface area contributed by atoms with Crippen LogP contribution in [0.5, 0.6) is 0 Å². The lowest BCUT2D eigenvalue weighted by atomic mass is 9.99. The third-order valence-electron chi connectivity index (χ3n) is 4.80. The Hall–Kier alpha value is -1.86. The number of hydrogen-bond acceptors (Lipinski definition) is 4. The second-order valence-electron chi connectivity index (χ2n) is 7.07. The van der Waals surface area contributed by atoms with E-state index in [2.05, 4.69) is 36.3 Å². The number of nitrogens with zero attached hydrogens (tertiary/aromatic N) is 2. The van der Waals surface area contributed by atoms with Crippen LogP contribution in [0.4, 0.5) is 0 Å². The van der Waals surface area contributed by atoms with Gasteiger partial charge in [0, 0.05) is 35.6 Å². The molecule has 1 atom stereocenters. The van der Waals surface area contributed by atoms with E-state index in [9.17, 15) is 4.79 Å². The number of halogens is 2. The molecule has 1 amide bonds. The molecule has 0 spiro atoms. The maximum absolute atomic E-state index is 12.7. The highest BCUT2D eigenvalue weighted by Crippen LogP contribution is 2.22. The lowest BCUT2D eigenvalue weighted by Gasteiger charge is -2.15. The molecule has 1 unspecified atom stereocenters. The van der Waals surface area contributed by atoms with Gasteiger partial charge in [-0.2, -0.15) is 0 Å². The molecule has 0 saturated heterocycles. The van der Waals surface area contributed by atoms with Gasteiger partial charge in [0.15, 0.2) is 5.13 Å². The molecule has 3 N–H and O–H groups in total. The Labute approximate surface area is 188 Å². The Morgan fingerprint density at radius 2 is 1.79 bits per heavy atom. The molecule has 1 aromatic carbocycles. The molecule has 5 nitrogen and oxygen atoms in total. The second-order valence-corrected chi connectivity index (χ2v) is 7.95. The van der Waals surface area contributed by atoms with Crippen molar-refractivity contribution in [3.63, 3.8) is 0 Å². The molecule has 0 saturated carbocycles. The first-order valence-corrected chi connectivity index (χ1v) is 9.99. The Kier molecular flexibility index (Phi) is 9.36. The van der Waals surface area contributed by atoms with Crippen molar-refractivity contribution < 1.29 is 4.79 Å². The van der Waals surface area contributed by atoms with Crippen LogP contribution in [0.1, 0.15) is 58.7 Å². The Balaban J connectivity index is 0.00000210. The van der Waals surface area contributed by atoms with Gasteiger partial charge in [-0.1, -0.05) is 38.1 Å². The summed E-state index contributed by atoms with van der Waals surface area (Å²) in [4.78, 5) is 17.0. The smallest absolute Gasteiger partial charge is 0.253 e. The van der Waals surface area contributed by atoms with E-state index in [4.69, 9.17) is 5.73 Å². The minimum absolute atomic E-state index is 0. The third kappa shape index (κ3) is 5.60. The molecule has 29 heavy (non-hydrogen) atoms. The average molecular weight is 455 g/mol. The lowest BCUT2D eigenvalue weighted by Crippen LogP contribution is -2.32. The van der Waals surface area contributed by atoms with E-state index < -0.39 is 0 Å². The molecule has 3 aromatic rings. The van der Waals surface area contributed by atoms with Crippen molar-refractivity contribution in [2.45, 2.75) is 39.7 Å². The van der Waals surface area contributed by atoms with Gasteiger partial charge in [-0.3, -0.25) is 9.36 Å². The minimum Gasteiger partial charge on any atom is -0.350 e. The average Bonchev–Trinajstić information content (AvgIpc) is 3.27. The van der Waals surface area contributed by atoms with Gasteiger partial charge in [-0.15, -0.1) is 36.2 Å². The van der Waals surface area contributed by atoms with Gasteiger partial charge in [0.25, 0.3) is 5.91 Å². The largest absolute Gasteiger partial charge is 0.350 e. The van der Waals surface area contributed by atoms with Crippen LogP contribution in [0.15, 0.2) is 41.9 Å². The van der Waals surface area contributed by atoms with Crippen LogP contribution >= 0.6 is 36.2 Å². The summed E-state index contributed by atoms with van der Waals surface area (Å²) in [6, 6.07) is 9.94. The van der Waals surface area contributed by atoms with Gasteiger partial charge in [-0.05, 0) is 37.0 Å². The summed E-state index contributed by atoms with van der Waals surface area (Å²) < 4.78 is 2.00. The van der Waals surface area contributed by atoms with Crippen LogP contribution in [-0.2, 0) is 0 Å². The zero-order valence-corrected chi connectivity index (χ0v) is 19.5. The molecule has 2 heterocycles. The molecule has 0 aliphatic rings. The van der Waals surface area contributed by atoms with Crippen molar-refractivity contribution in [3.05, 3.63) is 70.0 Å². The van der Waals surface area contributed by atoms with Crippen molar-refractivity contribution in [2.75, 3.05) is 6.54 Å². The second kappa shape index (κ2) is 10.8. The van der Waals surface area contributed by atoms with Crippen molar-refractivity contribution in [1.29, 1.82) is 0 Å². The Morgan fingerprint density at radius 3 is 2.34 bits per heavy atom. The fourth-order valence-corrected chi connectivity index (χ4v) is 3.91. The van der Waals surface area contributed by atoms with E-state index in [-0.39, 0.29) is 36.8 Å². The third-order valence-corrected chi connectivity index (χ3v) is 5.56. The summed E-state index contributed by atoms with van der Waals surface area (Å²) in [5, 5.41) is 5.76. The molecule has 0 aliphatic heterocycles. The van der Waals surface area contributed by atoms with Crippen LogP contribution in [-0.4, -0.2) is 22.0 Å². The molecule has 2 aromatic heterocycles. The van der Waals surface area contributed by atoms with E-state index in [0.29, 0.717) is 18.0 Å². The molecule has 0 radical (unpaired) electrons. The first-order chi connectivity index (χ1) is 12.9. The van der Waals surface area contributed by atoms with Gasteiger partial charge in [-0.25, -0.2) is 4.98 Å². The van der Waals surface area contributed by atoms with Crippen LogP contribution in [0.2, 0.25) is 0 Å². The zero-order valence-electron chi connectivity index (χ0n) is 17.0. The molecular formula is C21H28Cl2N4OS. The standard InChI is InChI=1S/C21H26N4OS.2ClH/c1-13(2)16-5-7-17(8-6-16)19(22)12-24-20(26)18-11-14(3)25(15(18)4)21-23-9-10-27-21;;/h5-11,13,19H,12,22H2,1-4H3,(H,24,26);2*1H. The van der Waals surface area contributed by atoms with E-state index in [1.54, 1.807) is 17.5 Å². The van der Waals surface area contributed by atoms with Crippen molar-refractivity contribution in [3.8, 4) is 5.13 Å². The van der Waals surface area contributed by atoms with E-state index >= 15 is 0 Å². The van der Waals surface area contributed by atoms with Gasteiger partial charge in [0.1, 0.15) is 0 Å². The van der Waals surface area contributed by atoms with E-state index in [1.807, 2.05) is 42.0 Å². The van der Waals surface area contributed by atoms with Crippen molar-refractivity contribution >= 4 is 42.1 Å². The first kappa shape index (κ1) is 25.2. The highest BCUT2D eigenvalue weighted by molar-refractivity contribution is 7.12. The fourth-order valence-electron chi connectivity index (χ4n) is 3.16. The fraction of sp³-hybridized carbons (Fsp3) is 0.333. The molecule has 8 heteroatoms. The summed E-state index contributed by atoms with van der Waals surface area (Å²) in [6.45, 7) is 8.64. The highest BCUT2D eigenvalue weighted by Gasteiger charge is 2.18. The quantitative estimate of drug-likeness (QED) is 0.553. The van der Waals surface area contributed by atoms with Crippen LogP contribution in [0.3, 0.4) is 0 Å². The predicted octanol–water partition coefficient (Wildman–Crippen LogP) is 4.95.